The van der Waals surface area contributed by atoms with E-state index in [-0.39, 0.29) is 5.97 Å². The molecule has 12 heteroatoms. The van der Waals surface area contributed by atoms with Gasteiger partial charge in [-0.2, -0.15) is 0 Å². The number of ether oxygens (including phenoxy) is 2. The van der Waals surface area contributed by atoms with E-state index in [2.05, 4.69) is 45.2 Å². The van der Waals surface area contributed by atoms with E-state index in [4.69, 9.17) is 36.0 Å². The monoisotopic (exact) mass is 857 g/mol. The molecule has 0 fully saturated rings. The molecule has 1 aliphatic rings. The molecule has 2 unspecified atom stereocenters. The van der Waals surface area contributed by atoms with Gasteiger partial charge in [0.1, 0.15) is 0 Å². The van der Waals surface area contributed by atoms with Crippen molar-refractivity contribution in [1.29, 1.82) is 0 Å². The zero-order valence-corrected chi connectivity index (χ0v) is 40.5. The van der Waals surface area contributed by atoms with Crippen LogP contribution in [-0.2, 0) is 45.6 Å². The maximum Gasteiger partial charge on any atom is 0.500 e. The summed E-state index contributed by atoms with van der Waals surface area (Å²) in [5.74, 6) is 0.860. The van der Waals surface area contributed by atoms with Gasteiger partial charge in [0.15, 0.2) is 0 Å². The van der Waals surface area contributed by atoms with Crippen molar-refractivity contribution >= 4 is 29.5 Å². The first-order valence-electron chi connectivity index (χ1n) is 22.4. The van der Waals surface area contributed by atoms with Crippen LogP contribution >= 0.6 is 0 Å². The van der Waals surface area contributed by atoms with Crippen LogP contribution in [0.5, 0.6) is 0 Å². The van der Waals surface area contributed by atoms with Gasteiger partial charge in [0, 0.05) is 66.9 Å². The number of hydrogen-bond donors (Lipinski definition) is 0. The van der Waals surface area contributed by atoms with Gasteiger partial charge in [0.25, 0.3) is 0 Å². The highest BCUT2D eigenvalue weighted by molar-refractivity contribution is 6.60. The Balaban J connectivity index is 0. The Morgan fingerprint density at radius 2 is 1.17 bits per heavy atom. The molecule has 0 spiro atoms. The number of rotatable bonds is 33. The van der Waals surface area contributed by atoms with E-state index in [1.807, 2.05) is 6.08 Å². The molecular weight excluding hydrogens is 769 g/mol. The lowest BCUT2D eigenvalue weighted by Crippen LogP contribution is -2.42. The zero-order chi connectivity index (χ0) is 43.6. The van der Waals surface area contributed by atoms with Crippen LogP contribution < -0.4 is 0 Å². The van der Waals surface area contributed by atoms with E-state index < -0.39 is 23.6 Å². The Kier molecular flexibility index (Phi) is 41.9. The topological polar surface area (TPSA) is 108 Å². The van der Waals surface area contributed by atoms with Crippen LogP contribution in [0, 0.1) is 11.8 Å². The molecule has 0 saturated heterocycles. The minimum Gasteiger partial charge on any atom is -0.463 e. The fraction of sp³-hybridized carbons (Fsp3) is 0.783. The first kappa shape index (κ1) is 58.2. The molecule has 0 N–H and O–H groups in total. The third kappa shape index (κ3) is 32.9. The van der Waals surface area contributed by atoms with Crippen LogP contribution in [0.25, 0.3) is 0 Å². The van der Waals surface area contributed by atoms with Crippen LogP contribution in [0.15, 0.2) is 49.6 Å². The number of allylic oxidation sites excluding steroid dienone is 4. The minimum absolute atomic E-state index is 0.289. The van der Waals surface area contributed by atoms with Gasteiger partial charge < -0.3 is 36.0 Å². The normalized spacial score (nSPS) is 15.5. The smallest absolute Gasteiger partial charge is 0.463 e. The van der Waals surface area contributed by atoms with Gasteiger partial charge in [0.05, 0.1) is 13.2 Å². The summed E-state index contributed by atoms with van der Waals surface area (Å²) < 4.78 is 41.7. The van der Waals surface area contributed by atoms with Crippen molar-refractivity contribution in [2.24, 2.45) is 11.8 Å². The van der Waals surface area contributed by atoms with E-state index in [1.54, 1.807) is 42.7 Å². The summed E-state index contributed by atoms with van der Waals surface area (Å²) in [4.78, 5) is 22.5. The molecular formula is C46H88O10Si2. The van der Waals surface area contributed by atoms with E-state index in [9.17, 15) is 9.59 Å². The van der Waals surface area contributed by atoms with Crippen molar-refractivity contribution < 1.29 is 45.6 Å². The van der Waals surface area contributed by atoms with Crippen LogP contribution in [0.4, 0.5) is 0 Å². The highest BCUT2D eigenvalue weighted by Crippen LogP contribution is 2.23. The number of carbonyl (C=O) groups excluding carboxylic acids is 2. The quantitative estimate of drug-likeness (QED) is 0.0208. The molecule has 0 aliphatic heterocycles. The first-order chi connectivity index (χ1) is 28.1. The maximum absolute atomic E-state index is 11.7. The average Bonchev–Trinajstić information content (AvgIpc) is 3.24. The second kappa shape index (κ2) is 41.8. The number of unbranched alkanes of at least 4 members (excludes halogenated alkanes) is 9. The molecule has 0 saturated carbocycles. The highest BCUT2D eigenvalue weighted by atomic mass is 28.4. The van der Waals surface area contributed by atoms with Crippen LogP contribution in [0.3, 0.4) is 0 Å². The molecule has 0 aromatic carbocycles. The summed E-state index contributed by atoms with van der Waals surface area (Å²) in [6.45, 7) is 12.5. The third-order valence-corrected chi connectivity index (χ3v) is 16.2. The summed E-state index contributed by atoms with van der Waals surface area (Å²) in [5.41, 5.74) is 0. The molecule has 2 atom stereocenters. The summed E-state index contributed by atoms with van der Waals surface area (Å²) in [6.07, 6.45) is 39.4. The molecule has 0 aromatic heterocycles. The standard InChI is InChI=1S/C23H44O5Si.C14H26.C9H18O5Si/c1-6-8-9-13-17-22(7-2)18-14-11-10-12-15-19-23(24)28-20-16-21-29(25-3,26-4)27-5;1-2-3-4-8-11-14-12-9-6-5-7-10-13-14;1-5-9(10)14-7-6-8-15(11-2,12-3)13-4/h7,15,19,22H,2,6,8-14,16-18,20-21H2,1,3-5H3;9,12,14H,2-8,10-11,13H2,1H3;5H,1,6-8H2,2-4H3/b19-15+;12-9-;. The van der Waals surface area contributed by atoms with Crippen molar-refractivity contribution in [3.05, 3.63) is 49.6 Å². The van der Waals surface area contributed by atoms with Gasteiger partial charge in [-0.1, -0.05) is 122 Å². The fourth-order valence-corrected chi connectivity index (χ4v) is 10.1. The molecule has 0 bridgehead atoms. The highest BCUT2D eigenvalue weighted by Gasteiger charge is 2.37. The Hall–Kier alpha value is -1.91. The van der Waals surface area contributed by atoms with Gasteiger partial charge in [-0.3, -0.25) is 0 Å². The van der Waals surface area contributed by atoms with Gasteiger partial charge in [-0.15, -0.1) is 6.58 Å². The van der Waals surface area contributed by atoms with Gasteiger partial charge >= 0.3 is 29.5 Å². The molecule has 0 radical (unpaired) electrons. The Labute approximate surface area is 358 Å². The largest absolute Gasteiger partial charge is 0.500 e. The van der Waals surface area contributed by atoms with Gasteiger partial charge in [-0.05, 0) is 76.0 Å². The molecule has 1 rings (SSSR count). The second-order valence-corrected chi connectivity index (χ2v) is 21.1. The predicted octanol–water partition coefficient (Wildman–Crippen LogP) is 12.2. The zero-order valence-electron chi connectivity index (χ0n) is 38.5. The van der Waals surface area contributed by atoms with E-state index in [1.165, 1.54) is 122 Å². The molecule has 58 heavy (non-hydrogen) atoms. The lowest BCUT2D eigenvalue weighted by Gasteiger charge is -2.23. The molecule has 0 heterocycles. The predicted molar refractivity (Wildman–Crippen MR) is 244 cm³/mol. The summed E-state index contributed by atoms with van der Waals surface area (Å²) in [6, 6.07) is 1.23. The summed E-state index contributed by atoms with van der Waals surface area (Å²) >= 11 is 0. The van der Waals surface area contributed by atoms with E-state index >= 15 is 0 Å². The second-order valence-electron chi connectivity index (χ2n) is 14.9. The molecule has 10 nitrogen and oxygen atoms in total. The molecule has 340 valence electrons. The van der Waals surface area contributed by atoms with Crippen molar-refractivity contribution in [2.45, 2.75) is 167 Å². The number of hydrogen-bond acceptors (Lipinski definition) is 10. The lowest BCUT2D eigenvalue weighted by atomic mass is 9.92. The van der Waals surface area contributed by atoms with E-state index in [0.29, 0.717) is 44.1 Å². The van der Waals surface area contributed by atoms with Gasteiger partial charge in [0.2, 0.25) is 0 Å². The number of esters is 2. The van der Waals surface area contributed by atoms with E-state index in [0.717, 1.165) is 24.8 Å². The Morgan fingerprint density at radius 3 is 1.67 bits per heavy atom. The van der Waals surface area contributed by atoms with Crippen LogP contribution in [-0.4, -0.2) is 85.4 Å². The summed E-state index contributed by atoms with van der Waals surface area (Å²) in [7, 11) is 4.31. The van der Waals surface area contributed by atoms with Crippen molar-refractivity contribution in [3.8, 4) is 0 Å². The average molecular weight is 857 g/mol. The molecule has 1 aliphatic carbocycles. The van der Waals surface area contributed by atoms with Crippen molar-refractivity contribution in [1.82, 2.24) is 0 Å². The minimum atomic E-state index is -2.57. The van der Waals surface area contributed by atoms with Crippen molar-refractivity contribution in [2.75, 3.05) is 55.9 Å². The summed E-state index contributed by atoms with van der Waals surface area (Å²) in [5, 5.41) is 0. The van der Waals surface area contributed by atoms with Crippen LogP contribution in [0.2, 0.25) is 12.1 Å². The molecule has 0 amide bonds. The SMILES string of the molecule is C=CC(=O)OCCC[Si](OC)(OC)OC.C=CC(CCCCCC)CCCCC/C=C/C(=O)OCCC[Si](OC)(OC)OC.CCCCCCC1/C=C\CCCCC1. The maximum atomic E-state index is 11.7. The Bertz CT molecular complexity index is 1010. The van der Waals surface area contributed by atoms with Crippen LogP contribution in [0.1, 0.15) is 155 Å². The fourth-order valence-electron chi connectivity index (χ4n) is 6.68. The lowest BCUT2D eigenvalue weighted by molar-refractivity contribution is -0.138. The number of carbonyl (C=O) groups is 2. The Morgan fingerprint density at radius 1 is 0.655 bits per heavy atom. The molecule has 0 aromatic rings. The van der Waals surface area contributed by atoms with Gasteiger partial charge in [-0.25, -0.2) is 9.59 Å². The third-order valence-electron chi connectivity index (χ3n) is 10.5. The van der Waals surface area contributed by atoms with Crippen molar-refractivity contribution in [3.63, 3.8) is 0 Å². The first-order valence-corrected chi connectivity index (χ1v) is 26.2.